The molecule has 2 N–H and O–H groups in total. The summed E-state index contributed by atoms with van der Waals surface area (Å²) in [5, 5.41) is 14.5. The van der Waals surface area contributed by atoms with Crippen LogP contribution in [0.25, 0.3) is 0 Å². The van der Waals surface area contributed by atoms with Crippen LogP contribution in [0.4, 0.5) is 0 Å². The molecule has 1 saturated carbocycles. The minimum absolute atomic E-state index is 0.218. The average molecular weight is 261 g/mol. The van der Waals surface area contributed by atoms with Gasteiger partial charge in [-0.1, -0.05) is 31.0 Å². The number of hydrogen-bond acceptors (Lipinski definition) is 3. The lowest BCUT2D eigenvalue weighted by Crippen LogP contribution is -2.53. The van der Waals surface area contributed by atoms with Crippen LogP contribution in [0.2, 0.25) is 0 Å². The second-order valence-corrected chi connectivity index (χ2v) is 5.88. The van der Waals surface area contributed by atoms with E-state index in [0.29, 0.717) is 5.92 Å². The van der Waals surface area contributed by atoms with E-state index in [1.165, 1.54) is 12.0 Å². The van der Waals surface area contributed by atoms with Gasteiger partial charge in [-0.2, -0.15) is 0 Å². The lowest BCUT2D eigenvalue weighted by atomic mass is 9.66. The molecule has 1 aromatic rings. The predicted octanol–water partition coefficient (Wildman–Crippen LogP) is 2.65. The zero-order valence-corrected chi connectivity index (χ0v) is 11.6. The summed E-state index contributed by atoms with van der Waals surface area (Å²) in [6.45, 7) is 0.885. The van der Waals surface area contributed by atoms with E-state index in [4.69, 9.17) is 4.74 Å². The molecule has 0 aromatic heterocycles. The molecule has 0 unspecified atom stereocenters. The molecule has 2 fully saturated rings. The Morgan fingerprint density at radius 2 is 2.11 bits per heavy atom. The van der Waals surface area contributed by atoms with Gasteiger partial charge in [-0.25, -0.2) is 0 Å². The van der Waals surface area contributed by atoms with Crippen molar-refractivity contribution < 1.29 is 9.84 Å². The maximum atomic E-state index is 10.9. The third-order valence-electron chi connectivity index (χ3n) is 4.86. The minimum atomic E-state index is -0.477. The quantitative estimate of drug-likeness (QED) is 0.860. The summed E-state index contributed by atoms with van der Waals surface area (Å²) in [5.74, 6) is 1.24. The van der Waals surface area contributed by atoms with Gasteiger partial charge in [-0.15, -0.1) is 0 Å². The number of piperidine rings is 1. The van der Waals surface area contributed by atoms with Gasteiger partial charge in [0.25, 0.3) is 0 Å². The maximum absolute atomic E-state index is 10.9. The van der Waals surface area contributed by atoms with E-state index in [1.807, 2.05) is 12.1 Å². The summed E-state index contributed by atoms with van der Waals surface area (Å²) in [6.07, 6.45) is 5.31. The first-order chi connectivity index (χ1) is 9.24. The topological polar surface area (TPSA) is 41.5 Å². The summed E-state index contributed by atoms with van der Waals surface area (Å²) in [6, 6.07) is 8.40. The number of fused-ring (bicyclic) bond motifs is 1. The Labute approximate surface area is 115 Å². The Balaban J connectivity index is 1.94. The van der Waals surface area contributed by atoms with Gasteiger partial charge >= 0.3 is 0 Å². The molecule has 1 aromatic carbocycles. The molecule has 0 spiro atoms. The number of nitrogens with one attached hydrogen (secondary N) is 1. The van der Waals surface area contributed by atoms with E-state index in [0.717, 1.165) is 38.0 Å². The molecule has 1 aliphatic heterocycles. The molecular weight excluding hydrogens is 238 g/mol. The van der Waals surface area contributed by atoms with E-state index < -0.39 is 5.60 Å². The summed E-state index contributed by atoms with van der Waals surface area (Å²) < 4.78 is 5.49. The Morgan fingerprint density at radius 3 is 2.95 bits per heavy atom. The Bertz CT molecular complexity index is 444. The van der Waals surface area contributed by atoms with E-state index in [1.54, 1.807) is 7.11 Å². The van der Waals surface area contributed by atoms with Crippen molar-refractivity contribution in [2.75, 3.05) is 13.7 Å². The number of aliphatic hydroxyl groups is 1. The number of ether oxygens (including phenoxy) is 1. The highest BCUT2D eigenvalue weighted by Crippen LogP contribution is 2.47. The van der Waals surface area contributed by atoms with Gasteiger partial charge in [0.2, 0.25) is 0 Å². The summed E-state index contributed by atoms with van der Waals surface area (Å²) in [5.41, 5.74) is 0.713. The molecule has 0 bridgehead atoms. The van der Waals surface area contributed by atoms with Crippen LogP contribution in [0.5, 0.6) is 5.75 Å². The fourth-order valence-corrected chi connectivity index (χ4v) is 3.87. The lowest BCUT2D eigenvalue weighted by Gasteiger charge is -2.48. The third kappa shape index (κ3) is 2.26. The van der Waals surface area contributed by atoms with Gasteiger partial charge in [-0.3, -0.25) is 0 Å². The number of hydrogen-bond donors (Lipinski definition) is 2. The molecule has 1 heterocycles. The first-order valence-electron chi connectivity index (χ1n) is 7.33. The van der Waals surface area contributed by atoms with Crippen molar-refractivity contribution in [2.45, 2.75) is 43.7 Å². The Hall–Kier alpha value is -1.06. The van der Waals surface area contributed by atoms with Gasteiger partial charge in [0, 0.05) is 17.5 Å². The molecule has 0 amide bonds. The fourth-order valence-electron chi connectivity index (χ4n) is 3.87. The highest BCUT2D eigenvalue weighted by molar-refractivity contribution is 5.37. The first kappa shape index (κ1) is 12.9. The fraction of sp³-hybridized carbons (Fsp3) is 0.625. The normalized spacial score (nSPS) is 34.6. The van der Waals surface area contributed by atoms with Crippen molar-refractivity contribution >= 4 is 0 Å². The molecule has 3 rings (SSSR count). The van der Waals surface area contributed by atoms with Crippen LogP contribution in [0.15, 0.2) is 24.3 Å². The van der Waals surface area contributed by atoms with Crippen molar-refractivity contribution in [1.29, 1.82) is 0 Å². The maximum Gasteiger partial charge on any atom is 0.123 e. The number of methoxy groups -OCH3 is 1. The zero-order chi connectivity index (χ0) is 13.3. The Kier molecular flexibility index (Phi) is 3.50. The smallest absolute Gasteiger partial charge is 0.123 e. The van der Waals surface area contributed by atoms with Gasteiger partial charge < -0.3 is 15.2 Å². The van der Waals surface area contributed by atoms with Gasteiger partial charge in [0.05, 0.1) is 12.7 Å². The van der Waals surface area contributed by atoms with Gasteiger partial charge in [0.1, 0.15) is 5.75 Å². The molecule has 0 radical (unpaired) electrons. The number of benzene rings is 1. The van der Waals surface area contributed by atoms with Crippen molar-refractivity contribution in [3.05, 3.63) is 29.8 Å². The molecule has 1 saturated heterocycles. The molecule has 2 aliphatic rings. The van der Waals surface area contributed by atoms with Gasteiger partial charge in [0.15, 0.2) is 0 Å². The van der Waals surface area contributed by atoms with E-state index in [-0.39, 0.29) is 6.04 Å². The third-order valence-corrected chi connectivity index (χ3v) is 4.86. The van der Waals surface area contributed by atoms with Crippen LogP contribution in [0.3, 0.4) is 0 Å². The molecular formula is C16H23NO2. The van der Waals surface area contributed by atoms with Crippen LogP contribution in [0.1, 0.15) is 43.7 Å². The highest BCUT2D eigenvalue weighted by atomic mass is 16.5. The standard InChI is InChI=1S/C16H23NO2/c1-19-14-8-3-2-6-12(14)15-13-7-4-5-9-16(13,18)10-11-17-15/h2-3,6,8,13,15,17-18H,4-5,7,9-11H2,1H3/t13-,15-,16-/m0/s1. The van der Waals surface area contributed by atoms with E-state index in [2.05, 4.69) is 17.4 Å². The Morgan fingerprint density at radius 1 is 1.26 bits per heavy atom. The SMILES string of the molecule is COc1ccccc1[C@@H]1NCC[C@@]2(O)CCCC[C@@H]12. The number of rotatable bonds is 2. The lowest BCUT2D eigenvalue weighted by molar-refractivity contribution is -0.0863. The predicted molar refractivity (Wildman–Crippen MR) is 75.3 cm³/mol. The van der Waals surface area contributed by atoms with Crippen molar-refractivity contribution in [1.82, 2.24) is 5.32 Å². The van der Waals surface area contributed by atoms with Crippen molar-refractivity contribution in [3.63, 3.8) is 0 Å². The molecule has 3 atom stereocenters. The van der Waals surface area contributed by atoms with E-state index >= 15 is 0 Å². The number of para-hydroxylation sites is 1. The molecule has 104 valence electrons. The largest absolute Gasteiger partial charge is 0.496 e. The van der Waals surface area contributed by atoms with Crippen LogP contribution >= 0.6 is 0 Å². The van der Waals surface area contributed by atoms with Crippen LogP contribution in [0, 0.1) is 5.92 Å². The molecule has 1 aliphatic carbocycles. The summed E-state index contributed by atoms with van der Waals surface area (Å²) in [4.78, 5) is 0. The second kappa shape index (κ2) is 5.14. The highest BCUT2D eigenvalue weighted by Gasteiger charge is 2.46. The zero-order valence-electron chi connectivity index (χ0n) is 11.6. The first-order valence-corrected chi connectivity index (χ1v) is 7.33. The minimum Gasteiger partial charge on any atom is -0.496 e. The summed E-state index contributed by atoms with van der Waals surface area (Å²) >= 11 is 0. The second-order valence-electron chi connectivity index (χ2n) is 5.88. The monoisotopic (exact) mass is 261 g/mol. The molecule has 3 nitrogen and oxygen atoms in total. The molecule has 3 heteroatoms. The van der Waals surface area contributed by atoms with Gasteiger partial charge in [-0.05, 0) is 31.9 Å². The van der Waals surface area contributed by atoms with Crippen LogP contribution in [-0.4, -0.2) is 24.4 Å². The van der Waals surface area contributed by atoms with Crippen molar-refractivity contribution in [2.24, 2.45) is 5.92 Å². The van der Waals surface area contributed by atoms with Crippen LogP contribution in [-0.2, 0) is 0 Å². The van der Waals surface area contributed by atoms with E-state index in [9.17, 15) is 5.11 Å². The summed E-state index contributed by atoms with van der Waals surface area (Å²) in [7, 11) is 1.72. The molecule has 19 heavy (non-hydrogen) atoms. The average Bonchev–Trinajstić information content (AvgIpc) is 2.46. The van der Waals surface area contributed by atoms with Crippen LogP contribution < -0.4 is 10.1 Å². The van der Waals surface area contributed by atoms with Crippen molar-refractivity contribution in [3.8, 4) is 5.75 Å².